The number of hydrogen-bond donors (Lipinski definition) is 2. The van der Waals surface area contributed by atoms with Crippen molar-refractivity contribution in [1.82, 2.24) is 0 Å². The van der Waals surface area contributed by atoms with E-state index in [0.29, 0.717) is 6.54 Å². The van der Waals surface area contributed by atoms with E-state index in [1.807, 2.05) is 25.1 Å². The molecule has 2 nitrogen and oxygen atoms in total. The molecule has 0 fully saturated rings. The molecule has 1 unspecified atom stereocenters. The van der Waals surface area contributed by atoms with Gasteiger partial charge in [0, 0.05) is 17.6 Å². The maximum absolute atomic E-state index is 5.88. The molecular weight excluding hydrogens is 184 g/mol. The molecule has 0 saturated carbocycles. The second kappa shape index (κ2) is 4.61. The van der Waals surface area contributed by atoms with Gasteiger partial charge in [-0.05, 0) is 36.6 Å². The molecule has 0 aliphatic rings. The first-order valence-electron chi connectivity index (χ1n) is 4.36. The molecule has 0 amide bonds. The molecule has 1 rings (SSSR count). The first kappa shape index (κ1) is 10.5. The summed E-state index contributed by atoms with van der Waals surface area (Å²) < 4.78 is 0. The normalized spacial score (nSPS) is 12.9. The molecule has 0 aliphatic heterocycles. The Hall–Kier alpha value is -0.570. The van der Waals surface area contributed by atoms with Crippen molar-refractivity contribution in [2.75, 3.05) is 0 Å². The molecule has 0 bridgehead atoms. The lowest BCUT2D eigenvalue weighted by molar-refractivity contribution is 0.731. The average Bonchev–Trinajstić information content (AvgIpc) is 2.03. The molecule has 0 radical (unpaired) electrons. The zero-order valence-electron chi connectivity index (χ0n) is 7.76. The lowest BCUT2D eigenvalue weighted by Crippen LogP contribution is -2.19. The summed E-state index contributed by atoms with van der Waals surface area (Å²) in [6.45, 7) is 2.51. The van der Waals surface area contributed by atoms with E-state index < -0.39 is 0 Å². The van der Waals surface area contributed by atoms with Crippen LogP contribution in [0.25, 0.3) is 0 Å². The fraction of sp³-hybridized carbons (Fsp3) is 0.400. The molecule has 3 heteroatoms. The maximum atomic E-state index is 5.88. The summed E-state index contributed by atoms with van der Waals surface area (Å²) in [5.41, 5.74) is 13.6. The summed E-state index contributed by atoms with van der Waals surface area (Å²) in [5, 5.41) is 0.743. The Balaban J connectivity index is 2.94. The summed E-state index contributed by atoms with van der Waals surface area (Å²) in [5.74, 6) is 0. The van der Waals surface area contributed by atoms with Gasteiger partial charge in [-0.25, -0.2) is 0 Å². The third kappa shape index (κ3) is 2.99. The zero-order valence-corrected chi connectivity index (χ0v) is 8.51. The number of benzene rings is 1. The van der Waals surface area contributed by atoms with Crippen molar-refractivity contribution in [3.8, 4) is 0 Å². The SMILES string of the molecule is CC(N)Cc1cc(Cl)ccc1CN. The summed E-state index contributed by atoms with van der Waals surface area (Å²) in [4.78, 5) is 0. The predicted octanol–water partition coefficient (Wildman–Crippen LogP) is 1.69. The molecule has 1 aromatic carbocycles. The highest BCUT2D eigenvalue weighted by atomic mass is 35.5. The molecule has 1 aromatic rings. The highest BCUT2D eigenvalue weighted by molar-refractivity contribution is 6.30. The first-order chi connectivity index (χ1) is 6.13. The van der Waals surface area contributed by atoms with Crippen molar-refractivity contribution in [2.45, 2.75) is 25.9 Å². The van der Waals surface area contributed by atoms with Gasteiger partial charge in [0.2, 0.25) is 0 Å². The van der Waals surface area contributed by atoms with E-state index in [9.17, 15) is 0 Å². The minimum Gasteiger partial charge on any atom is -0.328 e. The van der Waals surface area contributed by atoms with E-state index >= 15 is 0 Å². The van der Waals surface area contributed by atoms with Gasteiger partial charge < -0.3 is 11.5 Å². The van der Waals surface area contributed by atoms with Crippen molar-refractivity contribution in [3.63, 3.8) is 0 Å². The van der Waals surface area contributed by atoms with Gasteiger partial charge in [-0.1, -0.05) is 17.7 Å². The van der Waals surface area contributed by atoms with E-state index in [0.717, 1.165) is 22.6 Å². The smallest absolute Gasteiger partial charge is 0.0408 e. The number of nitrogens with two attached hydrogens (primary N) is 2. The molecule has 0 saturated heterocycles. The van der Waals surface area contributed by atoms with E-state index in [1.54, 1.807) is 0 Å². The first-order valence-corrected chi connectivity index (χ1v) is 4.74. The van der Waals surface area contributed by atoms with E-state index in [1.165, 1.54) is 0 Å². The third-order valence-electron chi connectivity index (χ3n) is 1.93. The van der Waals surface area contributed by atoms with E-state index in [-0.39, 0.29) is 6.04 Å². The number of hydrogen-bond acceptors (Lipinski definition) is 2. The Morgan fingerprint density at radius 2 is 2.08 bits per heavy atom. The average molecular weight is 199 g/mol. The second-order valence-electron chi connectivity index (χ2n) is 3.30. The molecule has 1 atom stereocenters. The van der Waals surface area contributed by atoms with Crippen LogP contribution >= 0.6 is 11.6 Å². The lowest BCUT2D eigenvalue weighted by atomic mass is 10.0. The van der Waals surface area contributed by atoms with E-state index in [4.69, 9.17) is 23.1 Å². The van der Waals surface area contributed by atoms with Crippen LogP contribution in [-0.2, 0) is 13.0 Å². The largest absolute Gasteiger partial charge is 0.328 e. The minimum atomic E-state index is 0.142. The van der Waals surface area contributed by atoms with Gasteiger partial charge in [0.1, 0.15) is 0 Å². The molecule has 0 aromatic heterocycles. The Morgan fingerprint density at radius 1 is 1.38 bits per heavy atom. The van der Waals surface area contributed by atoms with Crippen molar-refractivity contribution in [2.24, 2.45) is 11.5 Å². The fourth-order valence-corrected chi connectivity index (χ4v) is 1.53. The van der Waals surface area contributed by atoms with Crippen molar-refractivity contribution in [3.05, 3.63) is 34.3 Å². The summed E-state index contributed by atoms with van der Waals surface area (Å²) in [7, 11) is 0. The second-order valence-corrected chi connectivity index (χ2v) is 3.74. The summed E-state index contributed by atoms with van der Waals surface area (Å²) in [6, 6.07) is 5.89. The van der Waals surface area contributed by atoms with Crippen LogP contribution in [0.2, 0.25) is 5.02 Å². The van der Waals surface area contributed by atoms with Crippen LogP contribution in [0.1, 0.15) is 18.1 Å². The number of rotatable bonds is 3. The highest BCUT2D eigenvalue weighted by Crippen LogP contribution is 2.16. The topological polar surface area (TPSA) is 52.0 Å². The van der Waals surface area contributed by atoms with Crippen molar-refractivity contribution < 1.29 is 0 Å². The Morgan fingerprint density at radius 3 is 2.62 bits per heavy atom. The molecule has 0 spiro atoms. The number of halogens is 1. The van der Waals surface area contributed by atoms with Crippen LogP contribution in [0.5, 0.6) is 0 Å². The highest BCUT2D eigenvalue weighted by Gasteiger charge is 2.04. The van der Waals surface area contributed by atoms with Gasteiger partial charge >= 0.3 is 0 Å². The molecule has 13 heavy (non-hydrogen) atoms. The quantitative estimate of drug-likeness (QED) is 0.777. The molecule has 4 N–H and O–H groups in total. The monoisotopic (exact) mass is 198 g/mol. The van der Waals surface area contributed by atoms with Crippen LogP contribution in [0, 0.1) is 0 Å². The van der Waals surface area contributed by atoms with Gasteiger partial charge in [0.15, 0.2) is 0 Å². The van der Waals surface area contributed by atoms with Crippen LogP contribution in [0.4, 0.5) is 0 Å². The Kier molecular flexibility index (Phi) is 3.72. The Labute approximate surface area is 83.9 Å². The van der Waals surface area contributed by atoms with Crippen molar-refractivity contribution in [1.29, 1.82) is 0 Å². The van der Waals surface area contributed by atoms with Gasteiger partial charge in [-0.3, -0.25) is 0 Å². The molecular formula is C10H15ClN2. The van der Waals surface area contributed by atoms with Crippen LogP contribution in [-0.4, -0.2) is 6.04 Å². The molecule has 72 valence electrons. The predicted molar refractivity (Wildman–Crippen MR) is 56.7 cm³/mol. The minimum absolute atomic E-state index is 0.142. The van der Waals surface area contributed by atoms with Crippen molar-refractivity contribution >= 4 is 11.6 Å². The summed E-state index contributed by atoms with van der Waals surface area (Å²) >= 11 is 5.88. The molecule has 0 heterocycles. The maximum Gasteiger partial charge on any atom is 0.0408 e. The van der Waals surface area contributed by atoms with Gasteiger partial charge in [0.05, 0.1) is 0 Å². The zero-order chi connectivity index (χ0) is 9.84. The van der Waals surface area contributed by atoms with Crippen LogP contribution in [0.3, 0.4) is 0 Å². The Bertz CT molecular complexity index is 284. The van der Waals surface area contributed by atoms with Crippen LogP contribution in [0.15, 0.2) is 18.2 Å². The van der Waals surface area contributed by atoms with Gasteiger partial charge in [0.25, 0.3) is 0 Å². The van der Waals surface area contributed by atoms with E-state index in [2.05, 4.69) is 0 Å². The standard InChI is InChI=1S/C10H15ClN2/c1-7(13)4-9-5-10(11)3-2-8(9)6-12/h2-3,5,7H,4,6,12-13H2,1H3. The van der Waals surface area contributed by atoms with Gasteiger partial charge in [-0.15, -0.1) is 0 Å². The fourth-order valence-electron chi connectivity index (χ4n) is 1.33. The summed E-state index contributed by atoms with van der Waals surface area (Å²) in [6.07, 6.45) is 0.826. The molecule has 0 aliphatic carbocycles. The third-order valence-corrected chi connectivity index (χ3v) is 2.17. The lowest BCUT2D eigenvalue weighted by Gasteiger charge is -2.10. The van der Waals surface area contributed by atoms with Gasteiger partial charge in [-0.2, -0.15) is 0 Å². The van der Waals surface area contributed by atoms with Crippen LogP contribution < -0.4 is 11.5 Å².